The van der Waals surface area contributed by atoms with Gasteiger partial charge in [-0.2, -0.15) is 0 Å². The van der Waals surface area contributed by atoms with Crippen molar-refractivity contribution in [3.63, 3.8) is 0 Å². The molecule has 1 heteroatoms. The highest BCUT2D eigenvalue weighted by Gasteiger charge is 2.51. The molecular weight excluding hydrogens is 299 g/mol. The van der Waals surface area contributed by atoms with Crippen molar-refractivity contribution in [1.29, 1.82) is 0 Å². The van der Waals surface area contributed by atoms with E-state index in [1.54, 1.807) is 0 Å². The molecule has 1 heterocycles. The van der Waals surface area contributed by atoms with Crippen LogP contribution in [0, 0.1) is 0 Å². The Morgan fingerprint density at radius 3 is 2.12 bits per heavy atom. The standard InChI is InChI=1S/C24H16B/c1-4-11-19-16(8-1)17-9-2-5-12-20(17)24(19)15-7-14-22-23(24)18-10-3-6-13-21(18)25-22/h1-15,23H. The van der Waals surface area contributed by atoms with Crippen molar-refractivity contribution in [1.82, 2.24) is 0 Å². The lowest BCUT2D eigenvalue weighted by Gasteiger charge is -2.39. The van der Waals surface area contributed by atoms with Gasteiger partial charge in [-0.25, -0.2) is 0 Å². The molecule has 3 aromatic rings. The molecule has 115 valence electrons. The molecule has 1 atom stereocenters. The maximum atomic E-state index is 2.43. The summed E-state index contributed by atoms with van der Waals surface area (Å²) in [6.07, 6.45) is 6.98. The highest BCUT2D eigenvalue weighted by atomic mass is 14.5. The quantitative estimate of drug-likeness (QED) is 0.535. The second kappa shape index (κ2) is 4.64. The predicted octanol–water partition coefficient (Wildman–Crippen LogP) is 4.53. The molecule has 3 aromatic carbocycles. The van der Waals surface area contributed by atoms with Crippen LogP contribution in [0.5, 0.6) is 0 Å². The van der Waals surface area contributed by atoms with Crippen molar-refractivity contribution in [3.8, 4) is 11.1 Å². The Balaban J connectivity index is 1.73. The lowest BCUT2D eigenvalue weighted by molar-refractivity contribution is 0.577. The van der Waals surface area contributed by atoms with Crippen LogP contribution in [-0.4, -0.2) is 7.28 Å². The molecule has 25 heavy (non-hydrogen) atoms. The molecule has 3 aliphatic rings. The number of hydrogen-bond donors (Lipinski definition) is 0. The number of rotatable bonds is 0. The van der Waals surface area contributed by atoms with Crippen molar-refractivity contribution >= 4 is 12.7 Å². The lowest BCUT2D eigenvalue weighted by Crippen LogP contribution is -2.32. The van der Waals surface area contributed by atoms with E-state index in [9.17, 15) is 0 Å². The van der Waals surface area contributed by atoms with Gasteiger partial charge in [-0.15, -0.1) is 0 Å². The molecule has 6 rings (SSSR count). The zero-order chi connectivity index (χ0) is 16.4. The van der Waals surface area contributed by atoms with Crippen LogP contribution in [0.25, 0.3) is 11.1 Å². The molecule has 0 aromatic heterocycles. The van der Waals surface area contributed by atoms with Crippen molar-refractivity contribution < 1.29 is 0 Å². The van der Waals surface area contributed by atoms with Gasteiger partial charge in [-0.1, -0.05) is 102 Å². The first kappa shape index (κ1) is 13.5. The van der Waals surface area contributed by atoms with E-state index < -0.39 is 0 Å². The van der Waals surface area contributed by atoms with Gasteiger partial charge in [0.2, 0.25) is 0 Å². The van der Waals surface area contributed by atoms with Crippen molar-refractivity contribution in [2.45, 2.75) is 11.3 Å². The third-order valence-corrected chi connectivity index (χ3v) is 6.10. The van der Waals surface area contributed by atoms with Crippen molar-refractivity contribution in [2.75, 3.05) is 0 Å². The summed E-state index contributed by atoms with van der Waals surface area (Å²) >= 11 is 0. The van der Waals surface area contributed by atoms with Crippen molar-refractivity contribution in [2.24, 2.45) is 0 Å². The molecule has 0 saturated carbocycles. The van der Waals surface area contributed by atoms with Gasteiger partial charge in [-0.3, -0.25) is 0 Å². The van der Waals surface area contributed by atoms with Crippen LogP contribution in [0.3, 0.4) is 0 Å². The first-order valence-electron chi connectivity index (χ1n) is 8.92. The zero-order valence-corrected chi connectivity index (χ0v) is 13.8. The lowest BCUT2D eigenvalue weighted by atomic mass is 9.57. The van der Waals surface area contributed by atoms with E-state index in [1.165, 1.54) is 38.8 Å². The monoisotopic (exact) mass is 315 g/mol. The van der Waals surface area contributed by atoms with E-state index in [4.69, 9.17) is 0 Å². The van der Waals surface area contributed by atoms with Gasteiger partial charge in [0.15, 0.2) is 7.28 Å². The highest BCUT2D eigenvalue weighted by molar-refractivity contribution is 6.64. The summed E-state index contributed by atoms with van der Waals surface area (Å²) in [5.74, 6) is 0.360. The second-order valence-electron chi connectivity index (χ2n) is 7.19. The van der Waals surface area contributed by atoms with E-state index in [0.717, 1.165) is 0 Å². The second-order valence-corrected chi connectivity index (χ2v) is 7.19. The summed E-state index contributed by atoms with van der Waals surface area (Å²) in [4.78, 5) is 0. The molecule has 0 bridgehead atoms. The van der Waals surface area contributed by atoms with Crippen molar-refractivity contribution in [3.05, 3.63) is 113 Å². The highest BCUT2D eigenvalue weighted by Crippen LogP contribution is 2.59. The minimum absolute atomic E-state index is 0.0969. The summed E-state index contributed by atoms with van der Waals surface area (Å²) < 4.78 is 0. The third kappa shape index (κ3) is 1.54. The normalized spacial score (nSPS) is 20.3. The fourth-order valence-corrected chi connectivity index (χ4v) is 5.20. The fourth-order valence-electron chi connectivity index (χ4n) is 5.20. The Hall–Kier alpha value is -2.80. The molecular formula is C24H16B. The zero-order valence-electron chi connectivity index (χ0n) is 13.8. The third-order valence-electron chi connectivity index (χ3n) is 6.10. The molecule has 0 fully saturated rings. The molecule has 1 spiro atoms. The van der Waals surface area contributed by atoms with E-state index in [1.807, 2.05) is 0 Å². The number of fused-ring (bicyclic) bond motifs is 9. The summed E-state index contributed by atoms with van der Waals surface area (Å²) in [7, 11) is 2.37. The fraction of sp³-hybridized carbons (Fsp3) is 0.0833. The number of allylic oxidation sites excluding steroid dienone is 4. The molecule has 0 N–H and O–H groups in total. The van der Waals surface area contributed by atoms with E-state index in [0.29, 0.717) is 5.92 Å². The molecule has 2 aliphatic carbocycles. The first-order valence-corrected chi connectivity index (χ1v) is 8.92. The summed E-state index contributed by atoms with van der Waals surface area (Å²) in [6, 6.07) is 26.8. The van der Waals surface area contributed by atoms with Gasteiger partial charge in [-0.05, 0) is 27.8 Å². The molecule has 0 nitrogen and oxygen atoms in total. The molecule has 1 radical (unpaired) electrons. The van der Waals surface area contributed by atoms with Crippen LogP contribution in [-0.2, 0) is 5.41 Å². The minimum Gasteiger partial charge on any atom is -0.0938 e. The van der Waals surface area contributed by atoms with E-state index >= 15 is 0 Å². The van der Waals surface area contributed by atoms with E-state index in [-0.39, 0.29) is 5.41 Å². The van der Waals surface area contributed by atoms with Gasteiger partial charge >= 0.3 is 0 Å². The maximum Gasteiger partial charge on any atom is 0.187 e. The van der Waals surface area contributed by atoms with Gasteiger partial charge < -0.3 is 0 Å². The molecule has 0 saturated heterocycles. The van der Waals surface area contributed by atoms with Crippen LogP contribution in [0.4, 0.5) is 0 Å². The Kier molecular flexibility index (Phi) is 2.50. The average molecular weight is 315 g/mol. The van der Waals surface area contributed by atoms with Gasteiger partial charge in [0.05, 0.1) is 0 Å². The number of hydrogen-bond acceptors (Lipinski definition) is 0. The summed E-state index contributed by atoms with van der Waals surface area (Å²) in [5.41, 5.74) is 9.78. The number of benzene rings is 3. The SMILES string of the molecule is [B]1C2=CC=CC3(c4ccccc4-c4ccccc43)C2c2ccccc21. The molecule has 1 aliphatic heterocycles. The van der Waals surface area contributed by atoms with Crippen LogP contribution < -0.4 is 5.46 Å². The van der Waals surface area contributed by atoms with Crippen LogP contribution >= 0.6 is 0 Å². The average Bonchev–Trinajstić information content (AvgIpc) is 3.18. The Labute approximate surface area is 148 Å². The Bertz CT molecular complexity index is 1040. The first-order chi connectivity index (χ1) is 12.4. The van der Waals surface area contributed by atoms with Gasteiger partial charge in [0, 0.05) is 11.3 Å². The van der Waals surface area contributed by atoms with Crippen LogP contribution in [0.15, 0.2) is 96.5 Å². The Morgan fingerprint density at radius 2 is 1.36 bits per heavy atom. The largest absolute Gasteiger partial charge is 0.187 e. The smallest absolute Gasteiger partial charge is 0.0938 e. The summed E-state index contributed by atoms with van der Waals surface area (Å²) in [6.45, 7) is 0. The topological polar surface area (TPSA) is 0 Å². The predicted molar refractivity (Wildman–Crippen MR) is 104 cm³/mol. The summed E-state index contributed by atoms with van der Waals surface area (Å²) in [5, 5.41) is 0. The van der Waals surface area contributed by atoms with Gasteiger partial charge in [0.1, 0.15) is 0 Å². The molecule has 1 unspecified atom stereocenters. The molecule has 0 amide bonds. The Morgan fingerprint density at radius 1 is 0.720 bits per heavy atom. The van der Waals surface area contributed by atoms with Gasteiger partial charge in [0.25, 0.3) is 0 Å². The minimum atomic E-state index is -0.0969. The van der Waals surface area contributed by atoms with Crippen LogP contribution in [0.2, 0.25) is 0 Å². The van der Waals surface area contributed by atoms with Crippen LogP contribution in [0.1, 0.15) is 22.6 Å². The maximum absolute atomic E-state index is 2.43. The van der Waals surface area contributed by atoms with E-state index in [2.05, 4.69) is 98.3 Å².